The molecule has 1 aliphatic carbocycles. The molecule has 0 saturated carbocycles. The molecule has 1 saturated heterocycles. The smallest absolute Gasteiger partial charge is 0.407 e. The van der Waals surface area contributed by atoms with Crippen LogP contribution in [0.3, 0.4) is 0 Å². The van der Waals surface area contributed by atoms with Crippen molar-refractivity contribution in [3.63, 3.8) is 0 Å². The maximum absolute atomic E-state index is 13.0. The molecule has 1 heterocycles. The fourth-order valence-electron chi connectivity index (χ4n) is 4.69. The van der Waals surface area contributed by atoms with Gasteiger partial charge in [-0.2, -0.15) is 0 Å². The largest absolute Gasteiger partial charge is 0.479 e. The van der Waals surface area contributed by atoms with Crippen LogP contribution in [0.1, 0.15) is 43.7 Å². The van der Waals surface area contributed by atoms with Crippen LogP contribution < -0.4 is 10.6 Å². The summed E-state index contributed by atoms with van der Waals surface area (Å²) in [5.74, 6) is -1.72. The molecule has 0 radical (unpaired) electrons. The summed E-state index contributed by atoms with van der Waals surface area (Å²) in [6.07, 6.45) is -0.199. The highest BCUT2D eigenvalue weighted by molar-refractivity contribution is 5.91. The van der Waals surface area contributed by atoms with Gasteiger partial charge in [0.1, 0.15) is 12.6 Å². The first kappa shape index (κ1) is 23.8. The molecule has 2 atom stereocenters. The molecule has 1 aliphatic heterocycles. The number of carbonyl (C=O) groups is 3. The molecule has 4 rings (SSSR count). The second-order valence-corrected chi connectivity index (χ2v) is 9.33. The van der Waals surface area contributed by atoms with E-state index >= 15 is 0 Å². The van der Waals surface area contributed by atoms with Crippen LogP contribution in [-0.4, -0.2) is 54.5 Å². The van der Waals surface area contributed by atoms with Gasteiger partial charge >= 0.3 is 12.1 Å². The number of carbonyl (C=O) groups excluding carboxylic acids is 2. The average Bonchev–Trinajstić information content (AvgIpc) is 3.41. The minimum Gasteiger partial charge on any atom is -0.479 e. The molecule has 8 heteroatoms. The predicted molar refractivity (Wildman–Crippen MR) is 125 cm³/mol. The highest BCUT2D eigenvalue weighted by Crippen LogP contribution is 2.44. The summed E-state index contributed by atoms with van der Waals surface area (Å²) in [7, 11) is 0. The zero-order chi connectivity index (χ0) is 24.3. The Morgan fingerprint density at radius 1 is 1.09 bits per heavy atom. The fraction of sp³-hybridized carbons (Fsp3) is 0.423. The van der Waals surface area contributed by atoms with Crippen LogP contribution in [0.15, 0.2) is 48.5 Å². The van der Waals surface area contributed by atoms with Crippen molar-refractivity contribution >= 4 is 18.0 Å². The van der Waals surface area contributed by atoms with Crippen LogP contribution in [0, 0.1) is 5.92 Å². The summed E-state index contributed by atoms with van der Waals surface area (Å²) in [6, 6.07) is 15.2. The Bertz CT molecular complexity index is 1030. The van der Waals surface area contributed by atoms with Gasteiger partial charge in [-0.3, -0.25) is 4.79 Å². The predicted octanol–water partition coefficient (Wildman–Crippen LogP) is 3.30. The number of aliphatic carboxylic acids is 1. The van der Waals surface area contributed by atoms with E-state index in [0.29, 0.717) is 6.42 Å². The van der Waals surface area contributed by atoms with Gasteiger partial charge in [-0.15, -0.1) is 0 Å². The molecule has 2 aromatic rings. The molecule has 34 heavy (non-hydrogen) atoms. The Morgan fingerprint density at radius 2 is 1.71 bits per heavy atom. The molecule has 2 amide bonds. The molecule has 1 fully saturated rings. The molecule has 0 spiro atoms. The van der Waals surface area contributed by atoms with E-state index in [1.54, 1.807) is 0 Å². The van der Waals surface area contributed by atoms with Gasteiger partial charge in [-0.25, -0.2) is 9.59 Å². The Balaban J connectivity index is 1.43. The molecular formula is C26H30N2O6. The zero-order valence-corrected chi connectivity index (χ0v) is 19.4. The van der Waals surface area contributed by atoms with Gasteiger partial charge in [0.05, 0.1) is 6.61 Å². The molecular weight excluding hydrogens is 436 g/mol. The third-order valence-electron chi connectivity index (χ3n) is 6.45. The molecule has 3 N–H and O–H groups in total. The van der Waals surface area contributed by atoms with E-state index in [4.69, 9.17) is 9.47 Å². The standard InChI is InChI=1S/C26H30N2O6/c1-16(2)13-22(23(29)28-26(24(30)31)11-12-33-15-26)27-25(32)34-14-21-19-9-5-3-7-17(19)18-8-4-6-10-20(18)21/h3-10,16,21-22H,11-15H2,1-2H3,(H,27,32)(H,28,29)(H,30,31)/t22-,26?/m1/s1. The summed E-state index contributed by atoms with van der Waals surface area (Å²) < 4.78 is 10.8. The molecule has 0 bridgehead atoms. The number of alkyl carbamates (subject to hydrolysis) is 1. The van der Waals surface area contributed by atoms with Gasteiger partial charge in [-0.05, 0) is 34.6 Å². The maximum atomic E-state index is 13.0. The summed E-state index contributed by atoms with van der Waals surface area (Å²) in [5, 5.41) is 14.9. The lowest BCUT2D eigenvalue weighted by molar-refractivity contribution is -0.148. The maximum Gasteiger partial charge on any atom is 0.407 e. The minimum absolute atomic E-state index is 0.0882. The number of carboxylic acids is 1. The summed E-state index contributed by atoms with van der Waals surface area (Å²) >= 11 is 0. The average molecular weight is 467 g/mol. The Kier molecular flexibility index (Phi) is 6.88. The van der Waals surface area contributed by atoms with Crippen LogP contribution in [-0.2, 0) is 19.1 Å². The monoisotopic (exact) mass is 466 g/mol. The second kappa shape index (κ2) is 9.85. The van der Waals surface area contributed by atoms with E-state index in [1.807, 2.05) is 50.2 Å². The van der Waals surface area contributed by atoms with E-state index in [9.17, 15) is 19.5 Å². The summed E-state index contributed by atoms with van der Waals surface area (Å²) in [6.45, 7) is 4.12. The van der Waals surface area contributed by atoms with E-state index in [-0.39, 0.29) is 38.1 Å². The van der Waals surface area contributed by atoms with Crippen LogP contribution in [0.4, 0.5) is 4.79 Å². The van der Waals surface area contributed by atoms with Crippen LogP contribution in [0.25, 0.3) is 11.1 Å². The zero-order valence-electron chi connectivity index (χ0n) is 19.4. The number of hydrogen-bond donors (Lipinski definition) is 3. The summed E-state index contributed by atoms with van der Waals surface area (Å²) in [4.78, 5) is 37.5. The molecule has 8 nitrogen and oxygen atoms in total. The lowest BCUT2D eigenvalue weighted by atomic mass is 9.96. The fourth-order valence-corrected chi connectivity index (χ4v) is 4.69. The third-order valence-corrected chi connectivity index (χ3v) is 6.45. The van der Waals surface area contributed by atoms with Crippen LogP contribution in [0.2, 0.25) is 0 Å². The first-order valence-corrected chi connectivity index (χ1v) is 11.6. The normalized spacial score (nSPS) is 19.9. The Labute approximate surface area is 198 Å². The van der Waals surface area contributed by atoms with E-state index in [0.717, 1.165) is 22.3 Å². The SMILES string of the molecule is CC(C)C[C@@H](NC(=O)OCC1c2ccccc2-c2ccccc21)C(=O)NC1(C(=O)O)CCOC1. The van der Waals surface area contributed by atoms with Crippen molar-refractivity contribution in [1.29, 1.82) is 0 Å². The molecule has 0 aromatic heterocycles. The third kappa shape index (κ3) is 4.77. The molecule has 2 aliphatic rings. The van der Waals surface area contributed by atoms with Crippen molar-refractivity contribution in [3.05, 3.63) is 59.7 Å². The van der Waals surface area contributed by atoms with Gasteiger partial charge in [-0.1, -0.05) is 62.4 Å². The number of hydrogen-bond acceptors (Lipinski definition) is 5. The van der Waals surface area contributed by atoms with Gasteiger partial charge < -0.3 is 25.2 Å². The van der Waals surface area contributed by atoms with Crippen molar-refractivity contribution in [3.8, 4) is 11.1 Å². The number of nitrogens with one attached hydrogen (secondary N) is 2. The van der Waals surface area contributed by atoms with Gasteiger partial charge in [0.15, 0.2) is 5.54 Å². The van der Waals surface area contributed by atoms with Crippen LogP contribution >= 0.6 is 0 Å². The lowest BCUT2D eigenvalue weighted by Crippen LogP contribution is -2.60. The summed E-state index contributed by atoms with van der Waals surface area (Å²) in [5.41, 5.74) is 2.97. The van der Waals surface area contributed by atoms with E-state index < -0.39 is 29.6 Å². The highest BCUT2D eigenvalue weighted by Gasteiger charge is 2.45. The van der Waals surface area contributed by atoms with Gasteiger partial charge in [0.2, 0.25) is 5.91 Å². The molecule has 180 valence electrons. The van der Waals surface area contributed by atoms with Crippen molar-refractivity contribution in [2.75, 3.05) is 19.8 Å². The number of ether oxygens (including phenoxy) is 2. The van der Waals surface area contributed by atoms with Gasteiger partial charge in [0, 0.05) is 18.9 Å². The van der Waals surface area contributed by atoms with Gasteiger partial charge in [0.25, 0.3) is 0 Å². The van der Waals surface area contributed by atoms with Crippen molar-refractivity contribution in [1.82, 2.24) is 10.6 Å². The lowest BCUT2D eigenvalue weighted by Gasteiger charge is -2.28. The van der Waals surface area contributed by atoms with Crippen LogP contribution in [0.5, 0.6) is 0 Å². The number of amides is 2. The van der Waals surface area contributed by atoms with Crippen molar-refractivity contribution in [2.24, 2.45) is 5.92 Å². The topological polar surface area (TPSA) is 114 Å². The van der Waals surface area contributed by atoms with Crippen molar-refractivity contribution in [2.45, 2.75) is 44.2 Å². The Hall–Kier alpha value is -3.39. The molecule has 1 unspecified atom stereocenters. The second-order valence-electron chi connectivity index (χ2n) is 9.33. The van der Waals surface area contributed by atoms with E-state index in [2.05, 4.69) is 22.8 Å². The highest BCUT2D eigenvalue weighted by atomic mass is 16.5. The first-order valence-electron chi connectivity index (χ1n) is 11.6. The molecule has 2 aromatic carbocycles. The number of benzene rings is 2. The number of carboxylic acid groups (broad SMARTS) is 1. The van der Waals surface area contributed by atoms with Crippen molar-refractivity contribution < 1.29 is 29.0 Å². The Morgan fingerprint density at radius 3 is 2.24 bits per heavy atom. The van der Waals surface area contributed by atoms with E-state index in [1.165, 1.54) is 0 Å². The first-order chi connectivity index (χ1) is 16.3. The number of rotatable bonds is 8. The quantitative estimate of drug-likeness (QED) is 0.550. The number of fused-ring (bicyclic) bond motifs is 3. The minimum atomic E-state index is -1.48.